The Morgan fingerprint density at radius 2 is 2.00 bits per heavy atom. The van der Waals surface area contributed by atoms with Gasteiger partial charge in [0.1, 0.15) is 11.5 Å². The maximum Gasteiger partial charge on any atom is 0.436 e. The van der Waals surface area contributed by atoms with Crippen LogP contribution >= 0.6 is 0 Å². The lowest BCUT2D eigenvalue weighted by atomic mass is 10.1. The molecule has 1 aromatic heterocycles. The predicted molar refractivity (Wildman–Crippen MR) is 74.7 cm³/mol. The van der Waals surface area contributed by atoms with E-state index in [2.05, 4.69) is 9.68 Å². The molecule has 0 spiro atoms. The second-order valence-corrected chi connectivity index (χ2v) is 4.44. The van der Waals surface area contributed by atoms with Crippen LogP contribution in [0.5, 0.6) is 11.5 Å². The maximum atomic E-state index is 12.4. The number of hydrogen-bond donors (Lipinski definition) is 0. The van der Waals surface area contributed by atoms with E-state index in [4.69, 9.17) is 9.47 Å². The van der Waals surface area contributed by atoms with E-state index in [1.54, 1.807) is 12.1 Å². The van der Waals surface area contributed by atoms with E-state index in [9.17, 15) is 18.0 Å². The molecule has 0 bridgehead atoms. The number of esters is 1. The second kappa shape index (κ2) is 6.55. The summed E-state index contributed by atoms with van der Waals surface area (Å²) in [5, 5.41) is 2.94. The Morgan fingerprint density at radius 1 is 1.26 bits per heavy atom. The molecule has 1 aromatic carbocycles. The number of benzene rings is 1. The molecule has 122 valence electrons. The van der Waals surface area contributed by atoms with Crippen molar-refractivity contribution >= 4 is 18.1 Å². The highest BCUT2D eigenvalue weighted by Gasteiger charge is 2.34. The lowest BCUT2D eigenvalue weighted by molar-refractivity contribution is -0.142. The van der Waals surface area contributed by atoms with Gasteiger partial charge in [-0.25, -0.2) is 0 Å². The van der Waals surface area contributed by atoms with Crippen LogP contribution in [0, 0.1) is 0 Å². The highest BCUT2D eigenvalue weighted by Crippen LogP contribution is 2.30. The summed E-state index contributed by atoms with van der Waals surface area (Å²) < 4.78 is 52.0. The number of rotatable bonds is 4. The van der Waals surface area contributed by atoms with Crippen LogP contribution in [0.3, 0.4) is 0 Å². The third-order valence-electron chi connectivity index (χ3n) is 2.72. The van der Waals surface area contributed by atoms with Crippen molar-refractivity contribution in [2.75, 3.05) is 7.11 Å². The van der Waals surface area contributed by atoms with Gasteiger partial charge in [0.2, 0.25) is 0 Å². The molecule has 0 aliphatic carbocycles. The van der Waals surface area contributed by atoms with Crippen LogP contribution in [0.4, 0.5) is 13.2 Å². The first-order valence-electron chi connectivity index (χ1n) is 6.38. The van der Waals surface area contributed by atoms with Crippen molar-refractivity contribution in [3.8, 4) is 11.5 Å². The van der Waals surface area contributed by atoms with Gasteiger partial charge in [-0.05, 0) is 24.3 Å². The van der Waals surface area contributed by atoms with Crippen molar-refractivity contribution in [1.82, 2.24) is 5.16 Å². The van der Waals surface area contributed by atoms with Crippen molar-refractivity contribution in [1.29, 1.82) is 0 Å². The minimum absolute atomic E-state index is 0.0816. The van der Waals surface area contributed by atoms with Gasteiger partial charge < -0.3 is 14.0 Å². The molecule has 0 saturated heterocycles. The van der Waals surface area contributed by atoms with E-state index in [-0.39, 0.29) is 11.5 Å². The fourth-order valence-electron chi connectivity index (χ4n) is 1.70. The van der Waals surface area contributed by atoms with Crippen LogP contribution < -0.4 is 9.47 Å². The quantitative estimate of drug-likeness (QED) is 0.631. The zero-order valence-electron chi connectivity index (χ0n) is 12.2. The highest BCUT2D eigenvalue weighted by atomic mass is 19.4. The summed E-state index contributed by atoms with van der Waals surface area (Å²) in [5.41, 5.74) is -0.655. The van der Waals surface area contributed by atoms with Gasteiger partial charge in [0.05, 0.1) is 7.11 Å². The molecule has 8 heteroatoms. The minimum Gasteiger partial charge on any atom is -0.497 e. The largest absolute Gasteiger partial charge is 0.497 e. The standard InChI is InChI=1S/C15H12F3NO4/c1-9(20)22-13-7-11(21-2)5-3-10(13)4-6-12-8-14(19-23-12)15(16,17)18/h3-8H,1-2H3/b6-4+. The van der Waals surface area contributed by atoms with Crippen molar-refractivity contribution in [2.24, 2.45) is 0 Å². The first-order valence-corrected chi connectivity index (χ1v) is 6.38. The Hall–Kier alpha value is -2.77. The van der Waals surface area contributed by atoms with Crippen LogP contribution in [0.2, 0.25) is 0 Å². The molecular weight excluding hydrogens is 315 g/mol. The molecule has 0 fully saturated rings. The maximum absolute atomic E-state index is 12.4. The van der Waals surface area contributed by atoms with E-state index in [1.807, 2.05) is 0 Å². The second-order valence-electron chi connectivity index (χ2n) is 4.44. The summed E-state index contributed by atoms with van der Waals surface area (Å²) in [4.78, 5) is 11.1. The summed E-state index contributed by atoms with van der Waals surface area (Å²) in [7, 11) is 1.45. The fraction of sp³-hybridized carbons (Fsp3) is 0.200. The van der Waals surface area contributed by atoms with Crippen LogP contribution in [0.25, 0.3) is 12.2 Å². The number of carbonyl (C=O) groups is 1. The summed E-state index contributed by atoms with van der Waals surface area (Å²) in [6.07, 6.45) is -1.84. The molecule has 1 heterocycles. The smallest absolute Gasteiger partial charge is 0.436 e. The molecule has 2 aromatic rings. The van der Waals surface area contributed by atoms with Crippen LogP contribution in [-0.2, 0) is 11.0 Å². The fourth-order valence-corrected chi connectivity index (χ4v) is 1.70. The average Bonchev–Trinajstić information content (AvgIpc) is 2.94. The van der Waals surface area contributed by atoms with Crippen molar-refractivity contribution < 1.29 is 32.0 Å². The van der Waals surface area contributed by atoms with Crippen LogP contribution in [0.15, 0.2) is 28.8 Å². The molecule has 0 radical (unpaired) electrons. The number of ether oxygens (including phenoxy) is 2. The molecule has 0 aliphatic rings. The lowest BCUT2D eigenvalue weighted by Gasteiger charge is -2.07. The molecule has 23 heavy (non-hydrogen) atoms. The van der Waals surface area contributed by atoms with Gasteiger partial charge in [0.15, 0.2) is 11.5 Å². The molecule has 0 aliphatic heterocycles. The topological polar surface area (TPSA) is 61.6 Å². The molecule has 5 nitrogen and oxygen atoms in total. The monoisotopic (exact) mass is 327 g/mol. The number of nitrogens with zero attached hydrogens (tertiary/aromatic N) is 1. The zero-order valence-corrected chi connectivity index (χ0v) is 12.2. The lowest BCUT2D eigenvalue weighted by Crippen LogP contribution is -2.04. The molecule has 0 atom stereocenters. The molecule has 2 rings (SSSR count). The minimum atomic E-state index is -4.57. The SMILES string of the molecule is COc1ccc(/C=C/c2cc(C(F)(F)F)no2)c(OC(C)=O)c1. The molecule has 0 amide bonds. The van der Waals surface area contributed by atoms with Gasteiger partial charge in [0, 0.05) is 24.6 Å². The molecular formula is C15H12F3NO4. The Kier molecular flexibility index (Phi) is 4.73. The summed E-state index contributed by atoms with van der Waals surface area (Å²) >= 11 is 0. The number of methoxy groups -OCH3 is 1. The van der Waals surface area contributed by atoms with E-state index in [0.717, 1.165) is 6.07 Å². The van der Waals surface area contributed by atoms with Gasteiger partial charge in [-0.3, -0.25) is 4.79 Å². The van der Waals surface area contributed by atoms with Gasteiger partial charge in [0.25, 0.3) is 0 Å². The third kappa shape index (κ3) is 4.35. The van der Waals surface area contributed by atoms with E-state index in [0.29, 0.717) is 11.3 Å². The summed E-state index contributed by atoms with van der Waals surface area (Å²) in [6, 6.07) is 5.47. The molecule has 0 saturated carbocycles. The Bertz CT molecular complexity index is 735. The third-order valence-corrected chi connectivity index (χ3v) is 2.72. The first kappa shape index (κ1) is 16.6. The van der Waals surface area contributed by atoms with Crippen LogP contribution in [0.1, 0.15) is 23.9 Å². The number of carbonyl (C=O) groups excluding carboxylic acids is 1. The number of hydrogen-bond acceptors (Lipinski definition) is 5. The van der Waals surface area contributed by atoms with Crippen molar-refractivity contribution in [2.45, 2.75) is 13.1 Å². The predicted octanol–water partition coefficient (Wildman–Crippen LogP) is 3.80. The Balaban J connectivity index is 2.28. The number of aromatic nitrogens is 1. The highest BCUT2D eigenvalue weighted by molar-refractivity contribution is 5.76. The van der Waals surface area contributed by atoms with Gasteiger partial charge in [-0.1, -0.05) is 5.16 Å². The zero-order chi connectivity index (χ0) is 17.0. The van der Waals surface area contributed by atoms with E-state index in [1.165, 1.54) is 32.3 Å². The summed E-state index contributed by atoms with van der Waals surface area (Å²) in [6.45, 7) is 1.24. The van der Waals surface area contributed by atoms with Gasteiger partial charge >= 0.3 is 12.1 Å². The Morgan fingerprint density at radius 3 is 2.57 bits per heavy atom. The molecule has 0 N–H and O–H groups in total. The number of halogens is 3. The van der Waals surface area contributed by atoms with Crippen molar-refractivity contribution in [3.05, 3.63) is 41.3 Å². The van der Waals surface area contributed by atoms with Crippen molar-refractivity contribution in [3.63, 3.8) is 0 Å². The van der Waals surface area contributed by atoms with Gasteiger partial charge in [-0.15, -0.1) is 0 Å². The number of alkyl halides is 3. The van der Waals surface area contributed by atoms with Gasteiger partial charge in [-0.2, -0.15) is 13.2 Å². The summed E-state index contributed by atoms with van der Waals surface area (Å²) in [5.74, 6) is 0.0647. The molecule has 0 unspecified atom stereocenters. The average molecular weight is 327 g/mol. The van der Waals surface area contributed by atoms with E-state index < -0.39 is 17.8 Å². The Labute approximate surface area is 129 Å². The van der Waals surface area contributed by atoms with Crippen LogP contribution in [-0.4, -0.2) is 18.2 Å². The first-order chi connectivity index (χ1) is 10.8. The van der Waals surface area contributed by atoms with E-state index >= 15 is 0 Å². The normalized spacial score (nSPS) is 11.7.